The summed E-state index contributed by atoms with van der Waals surface area (Å²) < 4.78 is 6.67. The number of piperidine rings is 2. The molecule has 2 bridgehead atoms. The molecule has 110 valence electrons. The quantitative estimate of drug-likeness (QED) is 0.829. The van der Waals surface area contributed by atoms with E-state index in [1.807, 2.05) is 4.57 Å². The Labute approximate surface area is 118 Å². The van der Waals surface area contributed by atoms with Gasteiger partial charge in [-0.2, -0.15) is 0 Å². The smallest absolute Gasteiger partial charge is 0.360 e. The minimum Gasteiger partial charge on any atom is -0.464 e. The van der Waals surface area contributed by atoms with Crippen LogP contribution in [0, 0.1) is 0 Å². The first kappa shape index (κ1) is 13.4. The Bertz CT molecular complexity index is 499. The highest BCUT2D eigenvalue weighted by Gasteiger charge is 2.37. The average molecular weight is 278 g/mol. The number of methoxy groups -OCH3 is 1. The summed E-state index contributed by atoms with van der Waals surface area (Å²) in [5.41, 5.74) is 6.31. The fourth-order valence-electron chi connectivity index (χ4n) is 3.73. The number of ether oxygens (including phenoxy) is 1. The van der Waals surface area contributed by atoms with Gasteiger partial charge in [-0.15, -0.1) is 0 Å². The number of nitrogen functional groups attached to an aromatic ring is 1. The maximum Gasteiger partial charge on any atom is 0.360 e. The number of nitrogens with two attached hydrogens (primary N) is 1. The van der Waals surface area contributed by atoms with Crippen LogP contribution in [0.2, 0.25) is 0 Å². The highest BCUT2D eigenvalue weighted by Crippen LogP contribution is 2.39. The van der Waals surface area contributed by atoms with E-state index >= 15 is 0 Å². The van der Waals surface area contributed by atoms with Gasteiger partial charge in [0.15, 0.2) is 5.69 Å². The summed E-state index contributed by atoms with van der Waals surface area (Å²) >= 11 is 0. The zero-order chi connectivity index (χ0) is 14.3. The molecule has 0 spiro atoms. The maximum absolute atomic E-state index is 11.6. The van der Waals surface area contributed by atoms with Gasteiger partial charge in [0.2, 0.25) is 0 Å². The van der Waals surface area contributed by atoms with Crippen LogP contribution in [0.15, 0.2) is 6.33 Å². The number of carbonyl (C=O) groups is 1. The predicted molar refractivity (Wildman–Crippen MR) is 75.4 cm³/mol. The van der Waals surface area contributed by atoms with Gasteiger partial charge in [-0.05, 0) is 32.7 Å². The van der Waals surface area contributed by atoms with Crippen LogP contribution in [0.25, 0.3) is 0 Å². The zero-order valence-electron chi connectivity index (χ0n) is 12.1. The summed E-state index contributed by atoms with van der Waals surface area (Å²) in [4.78, 5) is 18.2. The Morgan fingerprint density at radius 3 is 2.60 bits per heavy atom. The van der Waals surface area contributed by atoms with E-state index in [0.29, 0.717) is 23.9 Å². The van der Waals surface area contributed by atoms with Crippen LogP contribution >= 0.6 is 0 Å². The summed E-state index contributed by atoms with van der Waals surface area (Å²) in [6.45, 7) is 0. The lowest BCUT2D eigenvalue weighted by Crippen LogP contribution is -2.50. The molecule has 20 heavy (non-hydrogen) atoms. The molecule has 0 radical (unpaired) electrons. The van der Waals surface area contributed by atoms with Crippen molar-refractivity contribution in [2.45, 2.75) is 50.2 Å². The first-order chi connectivity index (χ1) is 9.61. The van der Waals surface area contributed by atoms with Crippen molar-refractivity contribution in [2.24, 2.45) is 0 Å². The Hall–Kier alpha value is -1.56. The van der Waals surface area contributed by atoms with Gasteiger partial charge in [-0.25, -0.2) is 9.78 Å². The molecular weight excluding hydrogens is 256 g/mol. The molecule has 0 aliphatic carbocycles. The summed E-state index contributed by atoms with van der Waals surface area (Å²) in [7, 11) is 3.57. The molecule has 2 aliphatic heterocycles. The van der Waals surface area contributed by atoms with Crippen molar-refractivity contribution in [3.05, 3.63) is 12.0 Å². The van der Waals surface area contributed by atoms with Crippen LogP contribution in [0.1, 0.15) is 48.6 Å². The molecule has 2 N–H and O–H groups in total. The Kier molecular flexibility index (Phi) is 3.41. The van der Waals surface area contributed by atoms with E-state index in [1.54, 1.807) is 6.33 Å². The number of hydrogen-bond acceptors (Lipinski definition) is 5. The minimum atomic E-state index is -0.464. The molecule has 6 heteroatoms. The van der Waals surface area contributed by atoms with Gasteiger partial charge >= 0.3 is 5.97 Å². The number of rotatable bonds is 2. The normalized spacial score (nSPS) is 30.2. The molecule has 0 amide bonds. The van der Waals surface area contributed by atoms with Crippen molar-refractivity contribution in [1.82, 2.24) is 14.5 Å². The van der Waals surface area contributed by atoms with E-state index in [-0.39, 0.29) is 5.69 Å². The van der Waals surface area contributed by atoms with Gasteiger partial charge in [0.25, 0.3) is 0 Å². The molecule has 2 unspecified atom stereocenters. The fraction of sp³-hybridized carbons (Fsp3) is 0.714. The summed E-state index contributed by atoms with van der Waals surface area (Å²) in [5.74, 6) is -0.0288. The predicted octanol–water partition coefficient (Wildman–Crippen LogP) is 1.44. The molecule has 3 heterocycles. The number of aromatic nitrogens is 2. The molecule has 0 aromatic carbocycles. The van der Waals surface area contributed by atoms with Crippen LogP contribution in [0.4, 0.5) is 5.82 Å². The van der Waals surface area contributed by atoms with Gasteiger partial charge in [0.05, 0.1) is 13.4 Å². The van der Waals surface area contributed by atoms with E-state index in [4.69, 9.17) is 10.5 Å². The molecule has 1 aromatic rings. The van der Waals surface area contributed by atoms with E-state index in [9.17, 15) is 4.79 Å². The topological polar surface area (TPSA) is 73.4 Å². The number of fused-ring (bicyclic) bond motifs is 2. The van der Waals surface area contributed by atoms with E-state index in [2.05, 4.69) is 16.9 Å². The first-order valence-corrected chi connectivity index (χ1v) is 7.24. The van der Waals surface area contributed by atoms with E-state index in [1.165, 1.54) is 26.4 Å². The van der Waals surface area contributed by atoms with Crippen LogP contribution in [-0.2, 0) is 4.74 Å². The maximum atomic E-state index is 11.6. The van der Waals surface area contributed by atoms with Crippen LogP contribution in [0.5, 0.6) is 0 Å². The van der Waals surface area contributed by atoms with Crippen molar-refractivity contribution >= 4 is 11.8 Å². The monoisotopic (exact) mass is 278 g/mol. The molecule has 6 nitrogen and oxygen atoms in total. The third-order valence-electron chi connectivity index (χ3n) is 4.92. The highest BCUT2D eigenvalue weighted by atomic mass is 16.5. The molecule has 0 saturated carbocycles. The van der Waals surface area contributed by atoms with E-state index in [0.717, 1.165) is 12.8 Å². The Balaban J connectivity index is 1.84. The van der Waals surface area contributed by atoms with Gasteiger partial charge in [0.1, 0.15) is 5.82 Å². The van der Waals surface area contributed by atoms with Crippen LogP contribution < -0.4 is 5.73 Å². The second kappa shape index (κ2) is 5.09. The molecule has 2 fully saturated rings. The standard InChI is InChI=1S/C14H22N4O2/c1-17-9-4-3-5-10(17)7-11(6-9)18-8-16-12(13(18)15)14(19)20-2/h8-11H,3-7,15H2,1-2H3. The second-order valence-corrected chi connectivity index (χ2v) is 5.91. The number of imidazole rings is 1. The van der Waals surface area contributed by atoms with Crippen molar-refractivity contribution in [3.63, 3.8) is 0 Å². The van der Waals surface area contributed by atoms with Gasteiger partial charge in [0, 0.05) is 18.1 Å². The number of nitrogens with zero attached hydrogens (tertiary/aromatic N) is 3. The van der Waals surface area contributed by atoms with Crippen LogP contribution in [0.3, 0.4) is 0 Å². The van der Waals surface area contributed by atoms with Crippen molar-refractivity contribution in [3.8, 4) is 0 Å². The summed E-state index contributed by atoms with van der Waals surface area (Å²) in [5, 5.41) is 0. The second-order valence-electron chi connectivity index (χ2n) is 5.91. The van der Waals surface area contributed by atoms with E-state index < -0.39 is 5.97 Å². The lowest BCUT2D eigenvalue weighted by atomic mass is 9.82. The van der Waals surface area contributed by atoms with Gasteiger partial charge in [-0.1, -0.05) is 6.42 Å². The fourth-order valence-corrected chi connectivity index (χ4v) is 3.73. The molecule has 2 saturated heterocycles. The van der Waals surface area contributed by atoms with Crippen molar-refractivity contribution in [2.75, 3.05) is 19.9 Å². The number of esters is 1. The minimum absolute atomic E-state index is 0.233. The Morgan fingerprint density at radius 1 is 1.35 bits per heavy atom. The number of anilines is 1. The third-order valence-corrected chi connectivity index (χ3v) is 4.92. The third kappa shape index (κ3) is 2.08. The first-order valence-electron chi connectivity index (χ1n) is 7.24. The SMILES string of the molecule is COC(=O)c1ncn(C2CC3CCCC(C2)N3C)c1N. The van der Waals surface area contributed by atoms with Crippen LogP contribution in [-0.4, -0.2) is 46.7 Å². The number of hydrogen-bond donors (Lipinski definition) is 1. The largest absolute Gasteiger partial charge is 0.464 e. The summed E-state index contributed by atoms with van der Waals surface area (Å²) in [6.07, 6.45) is 7.67. The molecular formula is C14H22N4O2. The zero-order valence-corrected chi connectivity index (χ0v) is 12.1. The molecule has 3 rings (SSSR count). The molecule has 2 aliphatic rings. The average Bonchev–Trinajstić information content (AvgIpc) is 2.79. The number of carbonyl (C=O) groups excluding carboxylic acids is 1. The van der Waals surface area contributed by atoms with Crippen molar-refractivity contribution in [1.29, 1.82) is 0 Å². The lowest BCUT2D eigenvalue weighted by molar-refractivity contribution is 0.0405. The Morgan fingerprint density at radius 2 is 2.00 bits per heavy atom. The molecule has 1 aromatic heterocycles. The van der Waals surface area contributed by atoms with Gasteiger partial charge in [-0.3, -0.25) is 0 Å². The summed E-state index contributed by atoms with van der Waals surface area (Å²) in [6, 6.07) is 1.58. The lowest BCUT2D eigenvalue weighted by Gasteiger charge is -2.47. The molecule has 2 atom stereocenters. The van der Waals surface area contributed by atoms with Gasteiger partial charge < -0.3 is 19.9 Å². The van der Waals surface area contributed by atoms with Crippen molar-refractivity contribution < 1.29 is 9.53 Å². The highest BCUT2D eigenvalue weighted by molar-refractivity contribution is 5.92.